The van der Waals surface area contributed by atoms with E-state index in [0.29, 0.717) is 16.9 Å². The number of methoxy groups -OCH3 is 1. The zero-order chi connectivity index (χ0) is 13.2. The van der Waals surface area contributed by atoms with Crippen LogP contribution in [-0.4, -0.2) is 7.11 Å². The third-order valence-corrected chi connectivity index (χ3v) is 3.04. The second kappa shape index (κ2) is 4.61. The lowest BCUT2D eigenvalue weighted by atomic mass is 10.1. The molecule has 19 heavy (non-hydrogen) atoms. The van der Waals surface area contributed by atoms with Gasteiger partial charge < -0.3 is 9.15 Å². The normalized spacial score (nSPS) is 10.6. The Morgan fingerprint density at radius 2 is 1.68 bits per heavy atom. The molecule has 3 aromatic rings. The van der Waals surface area contributed by atoms with Gasteiger partial charge in [-0.25, -0.2) is 4.79 Å². The Morgan fingerprint density at radius 1 is 0.947 bits per heavy atom. The minimum absolute atomic E-state index is 0.358. The number of ether oxygens (including phenoxy) is 1. The second-order valence-electron chi connectivity index (χ2n) is 4.19. The van der Waals surface area contributed by atoms with Gasteiger partial charge in [0.2, 0.25) is 0 Å². The SMILES string of the molecule is COc1ccccc1-c1cc2ccccc2oc1=O. The molecule has 0 aliphatic carbocycles. The third-order valence-electron chi connectivity index (χ3n) is 3.04. The quantitative estimate of drug-likeness (QED) is 0.655. The van der Waals surface area contributed by atoms with Crippen LogP contribution in [0, 0.1) is 0 Å². The van der Waals surface area contributed by atoms with Crippen molar-refractivity contribution in [1.29, 1.82) is 0 Å². The molecule has 0 saturated carbocycles. The fourth-order valence-corrected chi connectivity index (χ4v) is 2.12. The van der Waals surface area contributed by atoms with Crippen molar-refractivity contribution in [2.45, 2.75) is 0 Å². The molecule has 0 aliphatic heterocycles. The first kappa shape index (κ1) is 11.5. The van der Waals surface area contributed by atoms with Crippen LogP contribution in [0.2, 0.25) is 0 Å². The molecule has 0 bridgehead atoms. The van der Waals surface area contributed by atoms with Gasteiger partial charge in [0, 0.05) is 10.9 Å². The van der Waals surface area contributed by atoms with Crippen molar-refractivity contribution in [1.82, 2.24) is 0 Å². The van der Waals surface area contributed by atoms with E-state index in [1.54, 1.807) is 13.2 Å². The standard InChI is InChI=1S/C16H12O3/c1-18-15-9-5-3-7-12(15)13-10-11-6-2-4-8-14(11)19-16(13)17/h2-10H,1H3. The van der Waals surface area contributed by atoms with Crippen LogP contribution in [0.25, 0.3) is 22.1 Å². The molecule has 2 aromatic carbocycles. The van der Waals surface area contributed by atoms with Crippen molar-refractivity contribution in [2.24, 2.45) is 0 Å². The Balaban J connectivity index is 2.30. The summed E-state index contributed by atoms with van der Waals surface area (Å²) in [5.74, 6) is 0.657. The minimum Gasteiger partial charge on any atom is -0.496 e. The molecular weight excluding hydrogens is 240 g/mol. The van der Waals surface area contributed by atoms with Gasteiger partial charge >= 0.3 is 5.63 Å². The smallest absolute Gasteiger partial charge is 0.344 e. The summed E-state index contributed by atoms with van der Waals surface area (Å²) in [5, 5.41) is 0.892. The summed E-state index contributed by atoms with van der Waals surface area (Å²) in [4.78, 5) is 12.1. The summed E-state index contributed by atoms with van der Waals surface area (Å²) in [6, 6.07) is 16.7. The highest BCUT2D eigenvalue weighted by Crippen LogP contribution is 2.28. The molecule has 0 saturated heterocycles. The van der Waals surface area contributed by atoms with Gasteiger partial charge in [0.05, 0.1) is 12.7 Å². The maximum atomic E-state index is 12.1. The van der Waals surface area contributed by atoms with Gasteiger partial charge in [-0.2, -0.15) is 0 Å². The zero-order valence-corrected chi connectivity index (χ0v) is 10.4. The summed E-state index contributed by atoms with van der Waals surface area (Å²) in [6.45, 7) is 0. The molecule has 0 fully saturated rings. The summed E-state index contributed by atoms with van der Waals surface area (Å²) in [6.07, 6.45) is 0. The molecule has 1 heterocycles. The number of para-hydroxylation sites is 2. The van der Waals surface area contributed by atoms with Crippen LogP contribution < -0.4 is 10.4 Å². The Morgan fingerprint density at radius 3 is 2.53 bits per heavy atom. The predicted molar refractivity (Wildman–Crippen MR) is 74.5 cm³/mol. The van der Waals surface area contributed by atoms with Gasteiger partial charge in [-0.05, 0) is 18.2 Å². The summed E-state index contributed by atoms with van der Waals surface area (Å²) in [5.41, 5.74) is 1.48. The molecule has 3 rings (SSSR count). The van der Waals surface area contributed by atoms with E-state index in [-0.39, 0.29) is 5.63 Å². The molecule has 0 amide bonds. The van der Waals surface area contributed by atoms with E-state index >= 15 is 0 Å². The molecule has 1 aromatic heterocycles. The molecule has 3 nitrogen and oxygen atoms in total. The molecule has 0 atom stereocenters. The van der Waals surface area contributed by atoms with Crippen molar-refractivity contribution in [3.63, 3.8) is 0 Å². The van der Waals surface area contributed by atoms with E-state index in [9.17, 15) is 4.79 Å². The minimum atomic E-state index is -0.358. The number of hydrogen-bond acceptors (Lipinski definition) is 3. The average Bonchev–Trinajstić information content (AvgIpc) is 2.46. The van der Waals surface area contributed by atoms with Gasteiger partial charge in [0.15, 0.2) is 0 Å². The summed E-state index contributed by atoms with van der Waals surface area (Å²) < 4.78 is 10.6. The molecular formula is C16H12O3. The molecule has 0 unspecified atom stereocenters. The van der Waals surface area contributed by atoms with E-state index in [0.717, 1.165) is 10.9 Å². The van der Waals surface area contributed by atoms with Crippen LogP contribution in [0.3, 0.4) is 0 Å². The van der Waals surface area contributed by atoms with E-state index in [2.05, 4.69) is 0 Å². The van der Waals surface area contributed by atoms with Crippen LogP contribution in [0.5, 0.6) is 5.75 Å². The second-order valence-corrected chi connectivity index (χ2v) is 4.19. The van der Waals surface area contributed by atoms with Crippen LogP contribution in [0.1, 0.15) is 0 Å². The Hall–Kier alpha value is -2.55. The van der Waals surface area contributed by atoms with Crippen LogP contribution >= 0.6 is 0 Å². The first-order valence-corrected chi connectivity index (χ1v) is 5.96. The summed E-state index contributed by atoms with van der Waals surface area (Å²) in [7, 11) is 1.58. The van der Waals surface area contributed by atoms with Crippen molar-refractivity contribution in [2.75, 3.05) is 7.11 Å². The van der Waals surface area contributed by atoms with Gasteiger partial charge in [-0.3, -0.25) is 0 Å². The van der Waals surface area contributed by atoms with E-state index < -0.39 is 0 Å². The van der Waals surface area contributed by atoms with Crippen molar-refractivity contribution in [3.8, 4) is 16.9 Å². The maximum Gasteiger partial charge on any atom is 0.344 e. The largest absolute Gasteiger partial charge is 0.496 e. The highest BCUT2D eigenvalue weighted by molar-refractivity contribution is 5.82. The van der Waals surface area contributed by atoms with Crippen molar-refractivity contribution >= 4 is 11.0 Å². The molecule has 3 heteroatoms. The van der Waals surface area contributed by atoms with E-state index in [1.807, 2.05) is 48.5 Å². The number of fused-ring (bicyclic) bond motifs is 1. The lowest BCUT2D eigenvalue weighted by Gasteiger charge is -2.07. The lowest BCUT2D eigenvalue weighted by Crippen LogP contribution is -2.03. The number of hydrogen-bond donors (Lipinski definition) is 0. The fraction of sp³-hybridized carbons (Fsp3) is 0.0625. The average molecular weight is 252 g/mol. The van der Waals surface area contributed by atoms with Gasteiger partial charge in [-0.1, -0.05) is 36.4 Å². The Labute approximate surface area is 110 Å². The fourth-order valence-electron chi connectivity index (χ4n) is 2.12. The van der Waals surface area contributed by atoms with Crippen molar-refractivity contribution in [3.05, 3.63) is 65.0 Å². The third kappa shape index (κ3) is 1.99. The molecule has 0 spiro atoms. The van der Waals surface area contributed by atoms with Crippen molar-refractivity contribution < 1.29 is 9.15 Å². The molecule has 94 valence electrons. The van der Waals surface area contributed by atoms with Gasteiger partial charge in [0.1, 0.15) is 11.3 Å². The lowest BCUT2D eigenvalue weighted by molar-refractivity contribution is 0.416. The van der Waals surface area contributed by atoms with Gasteiger partial charge in [0.25, 0.3) is 0 Å². The van der Waals surface area contributed by atoms with E-state index in [1.165, 1.54) is 0 Å². The van der Waals surface area contributed by atoms with Crippen LogP contribution in [0.4, 0.5) is 0 Å². The topological polar surface area (TPSA) is 39.4 Å². The number of rotatable bonds is 2. The highest BCUT2D eigenvalue weighted by Gasteiger charge is 2.11. The highest BCUT2D eigenvalue weighted by atomic mass is 16.5. The molecule has 0 radical (unpaired) electrons. The summed E-state index contributed by atoms with van der Waals surface area (Å²) >= 11 is 0. The number of benzene rings is 2. The van der Waals surface area contributed by atoms with E-state index in [4.69, 9.17) is 9.15 Å². The Kier molecular flexibility index (Phi) is 2.80. The first-order chi connectivity index (χ1) is 9.29. The monoisotopic (exact) mass is 252 g/mol. The van der Waals surface area contributed by atoms with Crippen LogP contribution in [-0.2, 0) is 0 Å². The maximum absolute atomic E-state index is 12.1. The van der Waals surface area contributed by atoms with Crippen LogP contribution in [0.15, 0.2) is 63.8 Å². The zero-order valence-electron chi connectivity index (χ0n) is 10.4. The first-order valence-electron chi connectivity index (χ1n) is 5.96. The molecule has 0 N–H and O–H groups in total. The predicted octanol–water partition coefficient (Wildman–Crippen LogP) is 3.47. The van der Waals surface area contributed by atoms with Gasteiger partial charge in [-0.15, -0.1) is 0 Å². The Bertz CT molecular complexity index is 787. The molecule has 0 aliphatic rings.